The van der Waals surface area contributed by atoms with E-state index in [0.29, 0.717) is 6.42 Å². The maximum absolute atomic E-state index is 10.4. The van der Waals surface area contributed by atoms with Gasteiger partial charge in [-0.3, -0.25) is 14.9 Å². The van der Waals surface area contributed by atoms with Crippen molar-refractivity contribution in [2.75, 3.05) is 0 Å². The van der Waals surface area contributed by atoms with Gasteiger partial charge in [-0.1, -0.05) is 67.7 Å². The molecule has 0 saturated carbocycles. The minimum Gasteiger partial charge on any atom is -0.283 e. The van der Waals surface area contributed by atoms with E-state index in [4.69, 9.17) is 0 Å². The van der Waals surface area contributed by atoms with Crippen LogP contribution in [0.15, 0.2) is 60.8 Å². The van der Waals surface area contributed by atoms with Gasteiger partial charge < -0.3 is 0 Å². The van der Waals surface area contributed by atoms with Gasteiger partial charge in [-0.15, -0.1) is 0 Å². The molecular formula is C20H28NO3. The van der Waals surface area contributed by atoms with Crippen LogP contribution in [0.3, 0.4) is 0 Å². The summed E-state index contributed by atoms with van der Waals surface area (Å²) < 4.78 is 0. The van der Waals surface area contributed by atoms with E-state index in [-0.39, 0.29) is 6.42 Å². The summed E-state index contributed by atoms with van der Waals surface area (Å²) in [6.45, 7) is 2.13. The van der Waals surface area contributed by atoms with Crippen LogP contribution >= 0.6 is 0 Å². The fourth-order valence-electron chi connectivity index (χ4n) is 1.83. The van der Waals surface area contributed by atoms with Crippen molar-refractivity contribution in [1.29, 1.82) is 0 Å². The molecule has 0 rings (SSSR count). The first kappa shape index (κ1) is 21.8. The Balaban J connectivity index is 3.63. The van der Waals surface area contributed by atoms with Crippen molar-refractivity contribution in [1.82, 2.24) is 0 Å². The van der Waals surface area contributed by atoms with Crippen LogP contribution in [0.2, 0.25) is 0 Å². The highest BCUT2D eigenvalue weighted by Gasteiger charge is 2.18. The molecule has 0 N–H and O–H groups in total. The molecule has 0 aliphatic heterocycles. The zero-order valence-electron chi connectivity index (χ0n) is 14.5. The van der Waals surface area contributed by atoms with Crippen molar-refractivity contribution in [3.8, 4) is 0 Å². The van der Waals surface area contributed by atoms with Crippen molar-refractivity contribution in [2.24, 2.45) is 0 Å². The lowest BCUT2D eigenvalue weighted by Gasteiger charge is -1.97. The Kier molecular flexibility index (Phi) is 15.5. The van der Waals surface area contributed by atoms with Crippen LogP contribution in [0.4, 0.5) is 0 Å². The number of hydrogen-bond donors (Lipinski definition) is 0. The number of rotatable bonds is 14. The second-order valence-electron chi connectivity index (χ2n) is 5.20. The predicted molar refractivity (Wildman–Crippen MR) is 100 cm³/mol. The van der Waals surface area contributed by atoms with E-state index in [9.17, 15) is 14.9 Å². The normalized spacial score (nSPS) is 13.9. The third-order valence-electron chi connectivity index (χ3n) is 3.15. The fourth-order valence-corrected chi connectivity index (χ4v) is 1.83. The minimum absolute atomic E-state index is 0.210. The van der Waals surface area contributed by atoms with Gasteiger partial charge >= 0.3 is 0 Å². The summed E-state index contributed by atoms with van der Waals surface area (Å²) in [5.74, 6) is 0. The second-order valence-corrected chi connectivity index (χ2v) is 5.20. The lowest BCUT2D eigenvalue weighted by molar-refractivity contribution is -0.503. The monoisotopic (exact) mass is 330 g/mol. The first-order valence-corrected chi connectivity index (χ1v) is 8.48. The molecule has 0 aromatic carbocycles. The van der Waals surface area contributed by atoms with E-state index >= 15 is 0 Å². The molecule has 0 saturated heterocycles. The van der Waals surface area contributed by atoms with Crippen molar-refractivity contribution in [2.45, 2.75) is 57.9 Å². The van der Waals surface area contributed by atoms with Gasteiger partial charge in [0.15, 0.2) is 0 Å². The molecule has 4 nitrogen and oxygen atoms in total. The van der Waals surface area contributed by atoms with Crippen LogP contribution in [0, 0.1) is 10.1 Å². The van der Waals surface area contributed by atoms with Gasteiger partial charge in [0.05, 0.1) is 0 Å². The molecule has 0 bridgehead atoms. The van der Waals surface area contributed by atoms with Crippen LogP contribution in [0.5, 0.6) is 0 Å². The van der Waals surface area contributed by atoms with Crippen LogP contribution in [-0.4, -0.2) is 17.3 Å². The molecule has 0 aromatic heterocycles. The van der Waals surface area contributed by atoms with Gasteiger partial charge in [-0.25, -0.2) is 0 Å². The summed E-state index contributed by atoms with van der Waals surface area (Å²) in [7, 11) is 0. The Labute approximate surface area is 145 Å². The molecule has 131 valence electrons. The third kappa shape index (κ3) is 14.7. The van der Waals surface area contributed by atoms with Crippen LogP contribution in [-0.2, 0) is 4.79 Å². The van der Waals surface area contributed by atoms with Gasteiger partial charge in [0.2, 0.25) is 0 Å². The molecule has 0 spiro atoms. The van der Waals surface area contributed by atoms with E-state index in [1.54, 1.807) is 0 Å². The Morgan fingerprint density at radius 2 is 1.25 bits per heavy atom. The summed E-state index contributed by atoms with van der Waals surface area (Å²) in [4.78, 5) is 20.1. The molecular weight excluding hydrogens is 302 g/mol. The van der Waals surface area contributed by atoms with E-state index < -0.39 is 11.0 Å². The van der Waals surface area contributed by atoms with Gasteiger partial charge in [0.25, 0.3) is 12.3 Å². The predicted octanol–water partition coefficient (Wildman–Crippen LogP) is 5.27. The quantitative estimate of drug-likeness (QED) is 0.247. The number of carbonyl (C=O) groups excluding carboxylic acids is 1. The number of allylic oxidation sites excluding steroid dienone is 10. The van der Waals surface area contributed by atoms with E-state index in [1.165, 1.54) is 6.29 Å². The second kappa shape index (κ2) is 17.1. The maximum atomic E-state index is 10.4. The molecule has 0 aliphatic rings. The van der Waals surface area contributed by atoms with Gasteiger partial charge in [0, 0.05) is 11.3 Å². The van der Waals surface area contributed by atoms with Crippen molar-refractivity contribution in [3.63, 3.8) is 0 Å². The highest BCUT2D eigenvalue weighted by Crippen LogP contribution is 2.01. The van der Waals surface area contributed by atoms with E-state index in [2.05, 4.69) is 55.5 Å². The van der Waals surface area contributed by atoms with Crippen molar-refractivity contribution < 1.29 is 9.72 Å². The molecule has 1 radical (unpaired) electrons. The molecule has 4 heteroatoms. The van der Waals surface area contributed by atoms with Crippen LogP contribution in [0.25, 0.3) is 0 Å². The summed E-state index contributed by atoms with van der Waals surface area (Å²) in [5.41, 5.74) is 0. The van der Waals surface area contributed by atoms with Crippen molar-refractivity contribution >= 4 is 6.29 Å². The third-order valence-corrected chi connectivity index (χ3v) is 3.15. The van der Waals surface area contributed by atoms with Crippen LogP contribution in [0.1, 0.15) is 51.9 Å². The Hall–Kier alpha value is -2.23. The molecule has 0 aliphatic carbocycles. The topological polar surface area (TPSA) is 60.2 Å². The smallest absolute Gasteiger partial charge is 0.278 e. The number of hydrogen-bond acceptors (Lipinski definition) is 3. The molecule has 0 fully saturated rings. The Bertz CT molecular complexity index is 473. The zero-order valence-corrected chi connectivity index (χ0v) is 14.5. The van der Waals surface area contributed by atoms with Gasteiger partial charge in [-0.05, 0) is 38.5 Å². The molecule has 0 amide bonds. The van der Waals surface area contributed by atoms with E-state index in [0.717, 1.165) is 32.1 Å². The number of nitro groups is 1. The largest absolute Gasteiger partial charge is 0.283 e. The zero-order chi connectivity index (χ0) is 17.9. The highest BCUT2D eigenvalue weighted by atomic mass is 16.6. The summed E-state index contributed by atoms with van der Waals surface area (Å²) >= 11 is 0. The lowest BCUT2D eigenvalue weighted by atomic mass is 10.1. The van der Waals surface area contributed by atoms with Gasteiger partial charge in [-0.2, -0.15) is 0 Å². The maximum Gasteiger partial charge on any atom is 0.278 e. The average molecular weight is 330 g/mol. The minimum atomic E-state index is -1.20. The summed E-state index contributed by atoms with van der Waals surface area (Å²) in [6.07, 6.45) is 27.8. The van der Waals surface area contributed by atoms with Gasteiger partial charge in [0.1, 0.15) is 0 Å². The molecule has 1 atom stereocenters. The standard InChI is InChI=1S/C20H28NO3/c1-2-3-4-5-6-7-8-9-10-11-12-13-14-15-16-17-18-20(19-22)21(23)24/h3-4,6-7,9-10,12-13,15-16,20H,2,5,8,11,14,17-18H2,1H3/b4-3+,7-6+,10-9+,13-12+,16-15+. The summed E-state index contributed by atoms with van der Waals surface area (Å²) in [5, 5.41) is 10.4. The first-order valence-electron chi connectivity index (χ1n) is 8.48. The SMILES string of the molecule is CC/C=C/C/C=C/C/C=C/C/C=C/C/C=C/CCC([C]=O)[N+](=O)[O-]. The van der Waals surface area contributed by atoms with Crippen molar-refractivity contribution in [3.05, 3.63) is 70.9 Å². The first-order chi connectivity index (χ1) is 11.7. The molecule has 0 heterocycles. The average Bonchev–Trinajstić information content (AvgIpc) is 2.57. The Morgan fingerprint density at radius 3 is 1.62 bits per heavy atom. The highest BCUT2D eigenvalue weighted by molar-refractivity contribution is 5.56. The Morgan fingerprint density at radius 1 is 0.833 bits per heavy atom. The number of nitrogens with zero attached hydrogens (tertiary/aromatic N) is 1. The fraction of sp³-hybridized carbons (Fsp3) is 0.450. The molecule has 24 heavy (non-hydrogen) atoms. The lowest BCUT2D eigenvalue weighted by Crippen LogP contribution is -2.20. The van der Waals surface area contributed by atoms with E-state index in [1.807, 2.05) is 12.2 Å². The summed E-state index contributed by atoms with van der Waals surface area (Å²) in [6, 6.07) is -1.20. The van der Waals surface area contributed by atoms with Crippen LogP contribution < -0.4 is 0 Å². The molecule has 1 unspecified atom stereocenters. The molecule has 0 aromatic rings.